The third-order valence-corrected chi connectivity index (χ3v) is 3.00. The minimum Gasteiger partial charge on any atom is -0.444 e. The molecule has 1 aromatic carbocycles. The van der Waals surface area contributed by atoms with Gasteiger partial charge in [0.1, 0.15) is 5.60 Å². The summed E-state index contributed by atoms with van der Waals surface area (Å²) in [5.41, 5.74) is 0.213. The Morgan fingerprint density at radius 2 is 2.00 bits per heavy atom. The minimum atomic E-state index is -0.588. The van der Waals surface area contributed by atoms with Gasteiger partial charge in [-0.05, 0) is 38.5 Å². The molecule has 22 heavy (non-hydrogen) atoms. The molecule has 0 fully saturated rings. The Hall–Kier alpha value is -1.75. The highest BCUT2D eigenvalue weighted by Gasteiger charge is 2.21. The van der Waals surface area contributed by atoms with Crippen molar-refractivity contribution in [3.8, 4) is 0 Å². The maximum absolute atomic E-state index is 12.0. The molecule has 6 heteroatoms. The summed E-state index contributed by atoms with van der Waals surface area (Å²) in [5, 5.41) is 6.09. The summed E-state index contributed by atoms with van der Waals surface area (Å²) in [6.45, 7) is 7.41. The molecular formula is C16H23ClN2O3. The minimum absolute atomic E-state index is 0.0852. The lowest BCUT2D eigenvalue weighted by atomic mass is 10.1. The molecule has 1 atom stereocenters. The highest BCUT2D eigenvalue weighted by atomic mass is 35.5. The van der Waals surface area contributed by atoms with Gasteiger partial charge >= 0.3 is 6.09 Å². The lowest BCUT2D eigenvalue weighted by Crippen LogP contribution is -2.40. The van der Waals surface area contributed by atoms with Gasteiger partial charge in [0.2, 0.25) is 5.91 Å². The highest BCUT2D eigenvalue weighted by Crippen LogP contribution is 2.18. The van der Waals surface area contributed by atoms with Gasteiger partial charge < -0.3 is 15.4 Å². The molecule has 1 aromatic rings. The standard InChI is InChI=1S/C16H23ClN2O3/c1-5-14(20)18-10-13(11-7-6-8-12(17)9-11)19-15(21)22-16(2,3)4/h6-9,13H,5,10H2,1-4H3,(H,18,20)(H,19,21). The summed E-state index contributed by atoms with van der Waals surface area (Å²) in [6.07, 6.45) is -0.155. The van der Waals surface area contributed by atoms with E-state index in [4.69, 9.17) is 16.3 Å². The number of hydrogen-bond acceptors (Lipinski definition) is 3. The van der Waals surface area contributed by atoms with Crippen LogP contribution in [0, 0.1) is 0 Å². The Labute approximate surface area is 136 Å². The van der Waals surface area contributed by atoms with E-state index in [1.54, 1.807) is 45.9 Å². The highest BCUT2D eigenvalue weighted by molar-refractivity contribution is 6.30. The second-order valence-corrected chi connectivity index (χ2v) is 6.35. The van der Waals surface area contributed by atoms with Gasteiger partial charge in [-0.3, -0.25) is 4.79 Å². The molecule has 0 aliphatic rings. The number of amides is 2. The van der Waals surface area contributed by atoms with Crippen LogP contribution >= 0.6 is 11.6 Å². The van der Waals surface area contributed by atoms with Crippen molar-refractivity contribution < 1.29 is 14.3 Å². The molecule has 2 N–H and O–H groups in total. The molecule has 5 nitrogen and oxygen atoms in total. The molecule has 0 radical (unpaired) electrons. The zero-order chi connectivity index (χ0) is 16.8. The Morgan fingerprint density at radius 3 is 2.55 bits per heavy atom. The van der Waals surface area contributed by atoms with E-state index in [2.05, 4.69) is 10.6 Å². The maximum atomic E-state index is 12.0. The molecule has 1 rings (SSSR count). The number of halogens is 1. The predicted octanol–water partition coefficient (Wildman–Crippen LogP) is 3.43. The first kappa shape index (κ1) is 18.3. The normalized spacial score (nSPS) is 12.4. The van der Waals surface area contributed by atoms with E-state index in [1.165, 1.54) is 0 Å². The number of rotatable bonds is 5. The number of carbonyl (C=O) groups excluding carboxylic acids is 2. The number of hydrogen-bond donors (Lipinski definition) is 2. The zero-order valence-corrected chi connectivity index (χ0v) is 14.2. The average Bonchev–Trinajstić information content (AvgIpc) is 2.41. The second kappa shape index (κ2) is 8.03. The van der Waals surface area contributed by atoms with Gasteiger partial charge in [-0.15, -0.1) is 0 Å². The van der Waals surface area contributed by atoms with Crippen molar-refractivity contribution in [1.82, 2.24) is 10.6 Å². The Bertz CT molecular complexity index is 526. The topological polar surface area (TPSA) is 67.4 Å². The van der Waals surface area contributed by atoms with Crippen LogP contribution in [0.4, 0.5) is 4.79 Å². The second-order valence-electron chi connectivity index (χ2n) is 5.91. The summed E-state index contributed by atoms with van der Waals surface area (Å²) in [4.78, 5) is 23.4. The van der Waals surface area contributed by atoms with Crippen LogP contribution in [0.5, 0.6) is 0 Å². The first-order chi connectivity index (χ1) is 10.2. The van der Waals surface area contributed by atoms with E-state index in [1.807, 2.05) is 6.07 Å². The molecule has 0 saturated heterocycles. The van der Waals surface area contributed by atoms with Crippen LogP contribution in [0.2, 0.25) is 5.02 Å². The number of carbonyl (C=O) groups is 2. The molecule has 2 amide bonds. The first-order valence-electron chi connectivity index (χ1n) is 7.23. The summed E-state index contributed by atoms with van der Waals surface area (Å²) in [6, 6.07) is 6.72. The molecule has 0 spiro atoms. The van der Waals surface area contributed by atoms with Gasteiger partial charge in [0.15, 0.2) is 0 Å². The fraction of sp³-hybridized carbons (Fsp3) is 0.500. The summed E-state index contributed by atoms with van der Waals surface area (Å²) in [5.74, 6) is -0.0852. The molecule has 0 heterocycles. The number of ether oxygens (including phenoxy) is 1. The molecule has 1 unspecified atom stereocenters. The molecule has 0 aromatic heterocycles. The van der Waals surface area contributed by atoms with Gasteiger partial charge in [-0.25, -0.2) is 4.79 Å². The Kier molecular flexibility index (Phi) is 6.68. The molecular weight excluding hydrogens is 304 g/mol. The number of nitrogens with one attached hydrogen (secondary N) is 2. The van der Waals surface area contributed by atoms with Gasteiger partial charge in [0, 0.05) is 18.0 Å². The van der Waals surface area contributed by atoms with E-state index in [9.17, 15) is 9.59 Å². The lowest BCUT2D eigenvalue weighted by Gasteiger charge is -2.24. The smallest absolute Gasteiger partial charge is 0.408 e. The molecule has 0 saturated carbocycles. The van der Waals surface area contributed by atoms with Crippen LogP contribution in [0.15, 0.2) is 24.3 Å². The monoisotopic (exact) mass is 326 g/mol. The van der Waals surface area contributed by atoms with Gasteiger partial charge in [-0.2, -0.15) is 0 Å². The van der Waals surface area contributed by atoms with Crippen molar-refractivity contribution >= 4 is 23.6 Å². The van der Waals surface area contributed by atoms with Crippen LogP contribution in [0.1, 0.15) is 45.7 Å². The molecule has 0 aliphatic heterocycles. The summed E-state index contributed by atoms with van der Waals surface area (Å²) < 4.78 is 5.26. The van der Waals surface area contributed by atoms with Crippen LogP contribution < -0.4 is 10.6 Å². The SMILES string of the molecule is CCC(=O)NCC(NC(=O)OC(C)(C)C)c1cccc(Cl)c1. The zero-order valence-electron chi connectivity index (χ0n) is 13.4. The van der Waals surface area contributed by atoms with Crippen molar-refractivity contribution in [3.05, 3.63) is 34.9 Å². The molecule has 0 aliphatic carbocycles. The van der Waals surface area contributed by atoms with E-state index >= 15 is 0 Å². The Balaban J connectivity index is 2.82. The average molecular weight is 327 g/mol. The quantitative estimate of drug-likeness (QED) is 0.871. The largest absolute Gasteiger partial charge is 0.444 e. The van der Waals surface area contributed by atoms with Gasteiger partial charge in [-0.1, -0.05) is 30.7 Å². The van der Waals surface area contributed by atoms with E-state index in [-0.39, 0.29) is 12.5 Å². The van der Waals surface area contributed by atoms with Crippen molar-refractivity contribution in [2.24, 2.45) is 0 Å². The van der Waals surface area contributed by atoms with Gasteiger partial charge in [0.25, 0.3) is 0 Å². The van der Waals surface area contributed by atoms with Crippen molar-refractivity contribution in [3.63, 3.8) is 0 Å². The fourth-order valence-electron chi connectivity index (χ4n) is 1.77. The van der Waals surface area contributed by atoms with Crippen molar-refractivity contribution in [2.45, 2.75) is 45.8 Å². The van der Waals surface area contributed by atoms with Crippen LogP contribution in [0.3, 0.4) is 0 Å². The van der Waals surface area contributed by atoms with Crippen molar-refractivity contribution in [1.29, 1.82) is 0 Å². The number of alkyl carbamates (subject to hydrolysis) is 1. The van der Waals surface area contributed by atoms with Crippen LogP contribution in [0.25, 0.3) is 0 Å². The van der Waals surface area contributed by atoms with Gasteiger partial charge in [0.05, 0.1) is 6.04 Å². The molecule has 0 bridgehead atoms. The lowest BCUT2D eigenvalue weighted by molar-refractivity contribution is -0.120. The number of benzene rings is 1. The van der Waals surface area contributed by atoms with E-state index in [0.717, 1.165) is 5.56 Å². The third kappa shape index (κ3) is 6.80. The molecule has 122 valence electrons. The van der Waals surface area contributed by atoms with E-state index in [0.29, 0.717) is 11.4 Å². The third-order valence-electron chi connectivity index (χ3n) is 2.77. The van der Waals surface area contributed by atoms with E-state index < -0.39 is 17.7 Å². The predicted molar refractivity (Wildman–Crippen MR) is 86.9 cm³/mol. The maximum Gasteiger partial charge on any atom is 0.408 e. The summed E-state index contributed by atoms with van der Waals surface area (Å²) >= 11 is 5.99. The summed E-state index contributed by atoms with van der Waals surface area (Å²) in [7, 11) is 0. The van der Waals surface area contributed by atoms with Crippen molar-refractivity contribution in [2.75, 3.05) is 6.54 Å². The fourth-order valence-corrected chi connectivity index (χ4v) is 1.96. The van der Waals surface area contributed by atoms with Crippen LogP contribution in [-0.4, -0.2) is 24.1 Å². The first-order valence-corrected chi connectivity index (χ1v) is 7.60. The van der Waals surface area contributed by atoms with Crippen LogP contribution in [-0.2, 0) is 9.53 Å². The Morgan fingerprint density at radius 1 is 1.32 bits per heavy atom.